The average Bonchev–Trinajstić information content (AvgIpc) is 1.64. The molecule has 18 nitrogen and oxygen atoms in total. The van der Waals surface area contributed by atoms with E-state index in [0.717, 1.165) is 123 Å². The van der Waals surface area contributed by atoms with Crippen molar-refractivity contribution >= 4 is 36.0 Å². The van der Waals surface area contributed by atoms with E-state index in [1.165, 1.54) is 61.6 Å². The van der Waals surface area contributed by atoms with Crippen molar-refractivity contribution in [1.82, 2.24) is 44.5 Å². The Labute approximate surface area is 581 Å². The summed E-state index contributed by atoms with van der Waals surface area (Å²) in [5.74, 6) is -4.01. The van der Waals surface area contributed by atoms with E-state index in [1.807, 2.05) is 20.8 Å². The van der Waals surface area contributed by atoms with Crippen LogP contribution >= 0.6 is 0 Å². The SMILES string of the molecule is CCN(C)C1(c2ccccc2)CCC2(CC1)CN(CC(=O)O)C(=O)N2CC1(C)CCC1.CN(C)C1(c2ccccc2)CCC2(CC1)CN(CC(=O)OC(C)(C)C)C(=O)N2CC1(C)CCC1.CN(C)C1(c2ccccc2)CCC2(CC1)CNC(=O)N2CC1(C)CCC1.O=C(O)C(F)(F)F. The fraction of sp³-hybridized carbons (Fsp3) is 0.688. The minimum atomic E-state index is -5.08. The topological polar surface area (TPSA) is 190 Å². The summed E-state index contributed by atoms with van der Waals surface area (Å²) < 4.78 is 37.3. The van der Waals surface area contributed by atoms with Gasteiger partial charge in [-0.3, -0.25) is 24.3 Å². The molecule has 3 heterocycles. The van der Waals surface area contributed by atoms with Crippen LogP contribution in [-0.4, -0.2) is 208 Å². The zero-order valence-corrected chi connectivity index (χ0v) is 60.8. The molecule has 12 rings (SSSR count). The van der Waals surface area contributed by atoms with Gasteiger partial charge in [-0.15, -0.1) is 0 Å². The van der Waals surface area contributed by atoms with Gasteiger partial charge >= 0.3 is 42.2 Å². The molecule has 3 aromatic rings. The van der Waals surface area contributed by atoms with Gasteiger partial charge in [0.15, 0.2) is 0 Å². The van der Waals surface area contributed by atoms with Gasteiger partial charge in [0, 0.05) is 55.9 Å². The van der Waals surface area contributed by atoms with Crippen LogP contribution in [0.1, 0.15) is 200 Å². The van der Waals surface area contributed by atoms with Crippen molar-refractivity contribution in [2.75, 3.05) is 94.1 Å². The second-order valence-corrected chi connectivity index (χ2v) is 33.1. The zero-order chi connectivity index (χ0) is 71.5. The fourth-order valence-corrected chi connectivity index (χ4v) is 18.1. The highest BCUT2D eigenvalue weighted by molar-refractivity contribution is 5.84. The predicted octanol–water partition coefficient (Wildman–Crippen LogP) is 13.8. The predicted molar refractivity (Wildman–Crippen MR) is 374 cm³/mol. The summed E-state index contributed by atoms with van der Waals surface area (Å²) in [5.41, 5.74) is 3.84. The first-order valence-electron chi connectivity index (χ1n) is 36.1. The molecule has 9 aliphatic rings. The van der Waals surface area contributed by atoms with E-state index in [2.05, 4.69) is 189 Å². The third kappa shape index (κ3) is 16.0. The molecule has 6 aliphatic carbocycles. The summed E-state index contributed by atoms with van der Waals surface area (Å²) in [7, 11) is 11.0. The minimum absolute atomic E-state index is 0.0102. The Hall–Kier alpha value is -6.45. The molecule has 0 aromatic heterocycles. The standard InChI is InChI=1S/C28H43N3O3.C25H37N3O3.C22H33N3O.C2HF3O2/c1-25(2,3)34-23(32)19-30-21-27(31(24(30)33)20-26(4)13-10-14-26)15-17-28(18-16-27,29(5)6)22-11-8-7-9-12-22;1-4-26(3)25(20-9-6-5-7-10-20)15-13-24(14-16-25)19-27(17-21(29)30)22(31)28(24)18-23(2)11-8-12-23;1-20(10-7-11-20)17-25-19(26)23-16-21(25)12-14-22(15-13-21,24(2)3)18-8-5-4-6-9-18;3-2(4,5)1(6)7/h7-9,11-12H,10,13-21H2,1-6H3;5-7,9-10H,4,8,11-19H2,1-3H3,(H,29,30);4-6,8-9H,7,10-17H2,1-3H3,(H,23,26);(H,6,7). The minimum Gasteiger partial charge on any atom is -0.480 e. The maximum Gasteiger partial charge on any atom is 0.490 e. The van der Waals surface area contributed by atoms with Gasteiger partial charge in [-0.2, -0.15) is 13.2 Å². The van der Waals surface area contributed by atoms with Crippen molar-refractivity contribution in [3.63, 3.8) is 0 Å². The first-order valence-corrected chi connectivity index (χ1v) is 36.1. The summed E-state index contributed by atoms with van der Waals surface area (Å²) >= 11 is 0. The van der Waals surface area contributed by atoms with Crippen LogP contribution in [0.2, 0.25) is 0 Å². The zero-order valence-electron chi connectivity index (χ0n) is 60.8. The van der Waals surface area contributed by atoms with E-state index < -0.39 is 23.7 Å². The number of carbonyl (C=O) groups excluding carboxylic acids is 4. The Morgan fingerprint density at radius 1 is 0.500 bits per heavy atom. The molecule has 3 aliphatic heterocycles. The van der Waals surface area contributed by atoms with Crippen LogP contribution in [0.3, 0.4) is 0 Å². The molecule has 3 aromatic carbocycles. The van der Waals surface area contributed by atoms with Crippen LogP contribution in [0.5, 0.6) is 0 Å². The molecular formula is C77H114F3N9O9. The molecule has 3 saturated heterocycles. The van der Waals surface area contributed by atoms with Crippen molar-refractivity contribution in [1.29, 1.82) is 0 Å². The number of esters is 1. The molecule has 21 heteroatoms. The van der Waals surface area contributed by atoms with Gasteiger partial charge in [0.2, 0.25) is 0 Å². The average molecular weight is 1370 g/mol. The molecular weight excluding hydrogens is 1250 g/mol. The second-order valence-electron chi connectivity index (χ2n) is 33.1. The van der Waals surface area contributed by atoms with Crippen molar-refractivity contribution in [3.05, 3.63) is 108 Å². The Balaban J connectivity index is 0.000000165. The van der Waals surface area contributed by atoms with Crippen molar-refractivity contribution < 1.29 is 56.9 Å². The first kappa shape index (κ1) is 75.7. The van der Waals surface area contributed by atoms with Gasteiger partial charge in [0.1, 0.15) is 18.7 Å². The van der Waals surface area contributed by atoms with Crippen LogP contribution < -0.4 is 5.32 Å². The van der Waals surface area contributed by atoms with Crippen molar-refractivity contribution in [2.45, 2.75) is 228 Å². The Bertz CT molecular complexity index is 3230. The summed E-state index contributed by atoms with van der Waals surface area (Å²) in [6, 6.07) is 32.6. The number of carbonyl (C=O) groups is 6. The molecule has 0 atom stereocenters. The normalized spacial score (nSPS) is 29.2. The lowest BCUT2D eigenvalue weighted by Gasteiger charge is -2.53. The quantitative estimate of drug-likeness (QED) is 0.109. The number of urea groups is 3. The van der Waals surface area contributed by atoms with Gasteiger partial charge < -0.3 is 44.8 Å². The lowest BCUT2D eigenvalue weighted by atomic mass is 9.66. The van der Waals surface area contributed by atoms with Crippen LogP contribution in [0.15, 0.2) is 91.0 Å². The second kappa shape index (κ2) is 29.3. The maximum absolute atomic E-state index is 13.7. The van der Waals surface area contributed by atoms with Gasteiger partial charge in [-0.1, -0.05) is 138 Å². The summed E-state index contributed by atoms with van der Waals surface area (Å²) in [6.07, 6.45) is 17.9. The molecule has 542 valence electrons. The highest BCUT2D eigenvalue weighted by Gasteiger charge is 2.59. The van der Waals surface area contributed by atoms with E-state index in [1.54, 1.807) is 9.80 Å². The maximum atomic E-state index is 13.7. The van der Waals surface area contributed by atoms with Crippen molar-refractivity contribution in [3.8, 4) is 0 Å². The number of carboxylic acid groups (broad SMARTS) is 2. The molecule has 0 radical (unpaired) electrons. The number of nitrogens with zero attached hydrogens (tertiary/aromatic N) is 8. The number of nitrogens with one attached hydrogen (secondary N) is 1. The Kier molecular flexibility index (Phi) is 22.6. The van der Waals surface area contributed by atoms with Crippen LogP contribution in [0.4, 0.5) is 27.6 Å². The fourth-order valence-electron chi connectivity index (χ4n) is 18.1. The molecule has 9 fully saturated rings. The summed E-state index contributed by atoms with van der Waals surface area (Å²) in [6.45, 7) is 20.0. The highest BCUT2D eigenvalue weighted by Crippen LogP contribution is 2.55. The van der Waals surface area contributed by atoms with E-state index >= 15 is 0 Å². The highest BCUT2D eigenvalue weighted by atomic mass is 19.4. The molecule has 6 saturated carbocycles. The number of hydrogen-bond acceptors (Lipinski definition) is 10. The van der Waals surface area contributed by atoms with E-state index in [-0.39, 0.29) is 81.2 Å². The number of halogens is 3. The number of aliphatic carboxylic acids is 2. The summed E-state index contributed by atoms with van der Waals surface area (Å²) in [4.78, 5) is 89.6. The molecule has 6 amide bonds. The Morgan fingerprint density at radius 2 is 0.827 bits per heavy atom. The molecule has 0 unspecified atom stereocenters. The molecule has 0 bridgehead atoms. The van der Waals surface area contributed by atoms with Crippen LogP contribution in [-0.2, 0) is 35.7 Å². The third-order valence-corrected chi connectivity index (χ3v) is 25.0. The van der Waals surface area contributed by atoms with Crippen molar-refractivity contribution in [2.24, 2.45) is 16.2 Å². The number of hydrogen-bond donors (Lipinski definition) is 3. The van der Waals surface area contributed by atoms with E-state index in [9.17, 15) is 42.3 Å². The lowest BCUT2D eigenvalue weighted by Crippen LogP contribution is -2.58. The van der Waals surface area contributed by atoms with Gasteiger partial charge in [-0.05, 0) is 211 Å². The summed E-state index contributed by atoms with van der Waals surface area (Å²) in [5, 5.41) is 19.7. The molecule has 98 heavy (non-hydrogen) atoms. The first-order chi connectivity index (χ1) is 46.0. The van der Waals surface area contributed by atoms with Crippen LogP contribution in [0, 0.1) is 16.2 Å². The van der Waals surface area contributed by atoms with Gasteiger partial charge in [0.25, 0.3) is 0 Å². The molecule has 3 N–H and O–H groups in total. The number of alkyl halides is 3. The number of ether oxygens (including phenoxy) is 1. The van der Waals surface area contributed by atoms with Crippen LogP contribution in [0.25, 0.3) is 0 Å². The largest absolute Gasteiger partial charge is 0.490 e. The molecule has 3 spiro atoms. The van der Waals surface area contributed by atoms with Gasteiger partial charge in [0.05, 0.1) is 16.6 Å². The number of rotatable bonds is 17. The monoisotopic (exact) mass is 1370 g/mol. The van der Waals surface area contributed by atoms with E-state index in [0.29, 0.717) is 18.5 Å². The van der Waals surface area contributed by atoms with E-state index in [4.69, 9.17) is 14.6 Å². The third-order valence-electron chi connectivity index (χ3n) is 25.0. The smallest absolute Gasteiger partial charge is 0.480 e. The van der Waals surface area contributed by atoms with Gasteiger partial charge in [-0.25, -0.2) is 19.2 Å². The number of amides is 6. The number of carboxylic acids is 2. The lowest BCUT2D eigenvalue weighted by molar-refractivity contribution is -0.192. The Morgan fingerprint density at radius 3 is 1.13 bits per heavy atom. The number of benzene rings is 3.